The van der Waals surface area contributed by atoms with Crippen LogP contribution in [-0.2, 0) is 25.5 Å². The number of aliphatic hydroxyl groups excluding tert-OH is 1. The molecule has 2 aliphatic heterocycles. The van der Waals surface area contributed by atoms with Crippen molar-refractivity contribution in [1.29, 1.82) is 0 Å². The van der Waals surface area contributed by atoms with E-state index in [2.05, 4.69) is 11.6 Å². The minimum Gasteiger partial charge on any atom is -0.507 e. The highest BCUT2D eigenvalue weighted by atomic mass is 32.1. The van der Waals surface area contributed by atoms with E-state index in [1.807, 2.05) is 6.92 Å². The Hall–Kier alpha value is -4.77. The van der Waals surface area contributed by atoms with Gasteiger partial charge in [-0.05, 0) is 55.3 Å². The number of hydrogen-bond acceptors (Lipinski definition) is 10. The number of esters is 2. The van der Waals surface area contributed by atoms with Crippen LogP contribution in [0.5, 0.6) is 5.75 Å². The van der Waals surface area contributed by atoms with Gasteiger partial charge < -0.3 is 19.3 Å². The zero-order valence-corrected chi connectivity index (χ0v) is 23.3. The number of benzene rings is 2. The van der Waals surface area contributed by atoms with E-state index in [0.29, 0.717) is 29.0 Å². The number of carbonyl (C=O) groups excluding carboxylic acids is 4. The van der Waals surface area contributed by atoms with Gasteiger partial charge in [0.25, 0.3) is 5.78 Å². The van der Waals surface area contributed by atoms with Crippen LogP contribution in [0.4, 0.5) is 5.13 Å². The molecule has 1 amide bonds. The summed E-state index contributed by atoms with van der Waals surface area (Å²) in [6.45, 7) is 7.05. The van der Waals surface area contributed by atoms with Crippen LogP contribution >= 0.6 is 11.3 Å². The number of nitrogens with zero attached hydrogens (tertiary/aromatic N) is 2. The molecule has 0 unspecified atom stereocenters. The highest BCUT2D eigenvalue weighted by Crippen LogP contribution is 2.44. The molecule has 1 saturated heterocycles. The molecule has 0 radical (unpaired) electrons. The van der Waals surface area contributed by atoms with Crippen LogP contribution in [0.25, 0.3) is 5.76 Å². The quantitative estimate of drug-likeness (QED) is 0.142. The second-order valence-electron chi connectivity index (χ2n) is 9.54. The summed E-state index contributed by atoms with van der Waals surface area (Å²) in [6.07, 6.45) is 2.03. The highest BCUT2D eigenvalue weighted by molar-refractivity contribution is 7.17. The zero-order valence-electron chi connectivity index (χ0n) is 22.5. The van der Waals surface area contributed by atoms with Gasteiger partial charge in [0, 0.05) is 12.0 Å². The van der Waals surface area contributed by atoms with Gasteiger partial charge in [-0.15, -0.1) is 0 Å². The lowest BCUT2D eigenvalue weighted by Crippen LogP contribution is -2.29. The predicted octanol–water partition coefficient (Wildman–Crippen LogP) is 4.53. The molecule has 5 rings (SSSR count). The number of aliphatic hydroxyl groups is 1. The molecule has 2 aliphatic rings. The van der Waals surface area contributed by atoms with Crippen LogP contribution in [0.15, 0.2) is 60.7 Å². The number of carbonyl (C=O) groups is 4. The van der Waals surface area contributed by atoms with Gasteiger partial charge in [-0.1, -0.05) is 36.1 Å². The zero-order chi connectivity index (χ0) is 29.4. The molecule has 0 aliphatic carbocycles. The van der Waals surface area contributed by atoms with Gasteiger partial charge in [-0.2, -0.15) is 0 Å². The second kappa shape index (κ2) is 11.0. The van der Waals surface area contributed by atoms with E-state index >= 15 is 0 Å². The van der Waals surface area contributed by atoms with Crippen LogP contribution in [0, 0.1) is 6.92 Å². The number of rotatable bonds is 7. The summed E-state index contributed by atoms with van der Waals surface area (Å²) in [6, 6.07) is 10.1. The Kier molecular flexibility index (Phi) is 7.46. The molecule has 1 fully saturated rings. The molecule has 0 saturated carbocycles. The number of ketones is 1. The van der Waals surface area contributed by atoms with Crippen molar-refractivity contribution in [3.63, 3.8) is 0 Å². The first-order valence-corrected chi connectivity index (χ1v) is 13.5. The molecular formula is C30H26N2O8S. The fourth-order valence-electron chi connectivity index (χ4n) is 4.86. The number of thiazole rings is 1. The van der Waals surface area contributed by atoms with Crippen molar-refractivity contribution in [2.75, 3.05) is 18.6 Å². The van der Waals surface area contributed by atoms with Gasteiger partial charge in [-0.3, -0.25) is 14.5 Å². The fourth-order valence-corrected chi connectivity index (χ4v) is 5.85. The van der Waals surface area contributed by atoms with Gasteiger partial charge in [0.2, 0.25) is 0 Å². The number of fused-ring (bicyclic) bond motifs is 1. The lowest BCUT2D eigenvalue weighted by Gasteiger charge is -2.23. The van der Waals surface area contributed by atoms with Crippen LogP contribution in [0.2, 0.25) is 0 Å². The lowest BCUT2D eigenvalue weighted by molar-refractivity contribution is -0.132. The SMILES string of the molecule is C=CCOC(=O)c1sc(N2C(=O)C(=O)C(=C(O)c3ccc4c(c3)C[C@H](C)O4)[C@@H]2c2ccc(C(=O)OC)cc2)nc1C. The third-order valence-corrected chi connectivity index (χ3v) is 7.91. The normalized spacial score (nSPS) is 19.0. The van der Waals surface area contributed by atoms with Gasteiger partial charge in [0.15, 0.2) is 5.13 Å². The first-order chi connectivity index (χ1) is 19.6. The summed E-state index contributed by atoms with van der Waals surface area (Å²) < 4.78 is 15.7. The minimum atomic E-state index is -1.10. The topological polar surface area (TPSA) is 132 Å². The summed E-state index contributed by atoms with van der Waals surface area (Å²) in [5, 5.41) is 11.6. The second-order valence-corrected chi connectivity index (χ2v) is 10.5. The first kappa shape index (κ1) is 27.8. The summed E-state index contributed by atoms with van der Waals surface area (Å²) in [7, 11) is 1.26. The Morgan fingerprint density at radius 3 is 2.56 bits per heavy atom. The number of amides is 1. The average molecular weight is 575 g/mol. The molecule has 2 atom stereocenters. The Labute approximate surface area is 239 Å². The van der Waals surface area contributed by atoms with Crippen molar-refractivity contribution < 1.29 is 38.5 Å². The number of aromatic nitrogens is 1. The molecule has 1 N–H and O–H groups in total. The van der Waals surface area contributed by atoms with Crippen LogP contribution in [0.3, 0.4) is 0 Å². The van der Waals surface area contributed by atoms with E-state index in [-0.39, 0.29) is 39.6 Å². The maximum atomic E-state index is 13.5. The summed E-state index contributed by atoms with van der Waals surface area (Å²) >= 11 is 0.895. The smallest absolute Gasteiger partial charge is 0.350 e. The van der Waals surface area contributed by atoms with Crippen molar-refractivity contribution in [2.24, 2.45) is 0 Å². The average Bonchev–Trinajstić information content (AvgIpc) is 3.62. The first-order valence-electron chi connectivity index (χ1n) is 12.7. The lowest BCUT2D eigenvalue weighted by atomic mass is 9.94. The van der Waals surface area contributed by atoms with Gasteiger partial charge in [-0.25, -0.2) is 14.6 Å². The summed E-state index contributed by atoms with van der Waals surface area (Å²) in [4.78, 5) is 57.4. The molecule has 41 heavy (non-hydrogen) atoms. The Balaban J connectivity index is 1.65. The highest BCUT2D eigenvalue weighted by Gasteiger charge is 2.48. The maximum absolute atomic E-state index is 13.5. The third-order valence-electron chi connectivity index (χ3n) is 6.77. The molecule has 3 aromatic rings. The number of ether oxygens (including phenoxy) is 3. The maximum Gasteiger partial charge on any atom is 0.350 e. The van der Waals surface area contributed by atoms with Crippen molar-refractivity contribution in [3.05, 3.63) is 93.5 Å². The van der Waals surface area contributed by atoms with Crippen molar-refractivity contribution in [1.82, 2.24) is 4.98 Å². The summed E-state index contributed by atoms with van der Waals surface area (Å²) in [5.74, 6) is -2.72. The Bertz CT molecular complexity index is 1620. The van der Waals surface area contributed by atoms with Crippen LogP contribution in [-0.4, -0.2) is 53.5 Å². The van der Waals surface area contributed by atoms with Crippen molar-refractivity contribution in [2.45, 2.75) is 32.4 Å². The number of Topliss-reactive ketones (excluding diaryl/α,β-unsaturated/α-hetero) is 1. The molecule has 0 bridgehead atoms. The minimum absolute atomic E-state index is 0.00679. The Morgan fingerprint density at radius 2 is 1.88 bits per heavy atom. The van der Waals surface area contributed by atoms with E-state index in [1.165, 1.54) is 25.3 Å². The molecule has 10 nitrogen and oxygen atoms in total. The molecule has 2 aromatic carbocycles. The van der Waals surface area contributed by atoms with Gasteiger partial charge >= 0.3 is 17.8 Å². The van der Waals surface area contributed by atoms with E-state index in [9.17, 15) is 24.3 Å². The van der Waals surface area contributed by atoms with Gasteiger partial charge in [0.05, 0.1) is 30.0 Å². The van der Waals surface area contributed by atoms with E-state index in [4.69, 9.17) is 14.2 Å². The third kappa shape index (κ3) is 5.00. The van der Waals surface area contributed by atoms with E-state index in [0.717, 1.165) is 21.8 Å². The standard InChI is InChI=1S/C30H26N2O8S/c1-5-12-39-29(37)26-16(3)31-30(41-26)32-23(17-6-8-18(9-7-17)28(36)38-4)22(25(34)27(32)35)24(33)19-10-11-21-20(14-19)13-15(2)40-21/h5-11,14-15,23,33H,1,12-13H2,2-4H3/t15-,23-/m0/s1. The number of methoxy groups -OCH3 is 1. The number of aryl methyl sites for hydroxylation is 1. The molecule has 0 spiro atoms. The van der Waals surface area contributed by atoms with Crippen LogP contribution < -0.4 is 9.64 Å². The monoisotopic (exact) mass is 574 g/mol. The van der Waals surface area contributed by atoms with Crippen LogP contribution in [0.1, 0.15) is 55.4 Å². The van der Waals surface area contributed by atoms with Crippen molar-refractivity contribution >= 4 is 45.9 Å². The largest absolute Gasteiger partial charge is 0.507 e. The van der Waals surface area contributed by atoms with Gasteiger partial charge in [0.1, 0.15) is 29.1 Å². The number of hydrogen-bond donors (Lipinski definition) is 1. The van der Waals surface area contributed by atoms with Crippen molar-refractivity contribution in [3.8, 4) is 5.75 Å². The Morgan fingerprint density at radius 1 is 1.17 bits per heavy atom. The fraction of sp³-hybridized carbons (Fsp3) is 0.233. The molecule has 3 heterocycles. The molecule has 1 aromatic heterocycles. The molecule has 210 valence electrons. The van der Waals surface area contributed by atoms with E-state index in [1.54, 1.807) is 37.3 Å². The predicted molar refractivity (Wildman–Crippen MR) is 150 cm³/mol. The molecule has 11 heteroatoms. The number of anilines is 1. The van der Waals surface area contributed by atoms with E-state index < -0.39 is 29.7 Å². The summed E-state index contributed by atoms with van der Waals surface area (Å²) in [5.41, 5.74) is 2.07. The molecular weight excluding hydrogens is 548 g/mol.